The Morgan fingerprint density at radius 1 is 1.43 bits per heavy atom. The van der Waals surface area contributed by atoms with E-state index in [-0.39, 0.29) is 18.6 Å². The quantitative estimate of drug-likeness (QED) is 0.772. The Hall–Kier alpha value is -1.62. The molecule has 1 aromatic heterocycles. The number of hydrogen-bond donors (Lipinski definition) is 2. The first-order valence-corrected chi connectivity index (χ1v) is 7.64. The lowest BCUT2D eigenvalue weighted by Gasteiger charge is -2.27. The van der Waals surface area contributed by atoms with Crippen LogP contribution in [0.2, 0.25) is 0 Å². The van der Waals surface area contributed by atoms with Gasteiger partial charge in [-0.05, 0) is 38.8 Å². The molecule has 0 unspecified atom stereocenters. The zero-order chi connectivity index (χ0) is 15.8. The Labute approximate surface area is 127 Å². The van der Waals surface area contributed by atoms with Crippen LogP contribution in [-0.2, 0) is 6.42 Å². The van der Waals surface area contributed by atoms with Crippen molar-refractivity contribution in [1.82, 2.24) is 9.88 Å². The molecule has 0 spiro atoms. The van der Waals surface area contributed by atoms with E-state index in [0.29, 0.717) is 18.5 Å². The monoisotopic (exact) mass is 293 g/mol. The van der Waals surface area contributed by atoms with Gasteiger partial charge < -0.3 is 15.3 Å². The number of nitrogens with one attached hydrogen (secondary N) is 1. The summed E-state index contributed by atoms with van der Waals surface area (Å²) in [7, 11) is 1.80. The number of nitrogens with zero attached hydrogens (tertiary/aromatic N) is 2. The number of carbonyl (C=O) groups is 1. The molecule has 5 nitrogen and oxygen atoms in total. The maximum absolute atomic E-state index is 12.7. The van der Waals surface area contributed by atoms with Crippen LogP contribution in [0.1, 0.15) is 49.7 Å². The molecular formula is C16H27N3O2. The molecule has 0 saturated heterocycles. The van der Waals surface area contributed by atoms with E-state index in [0.717, 1.165) is 24.4 Å². The van der Waals surface area contributed by atoms with Crippen molar-refractivity contribution in [2.24, 2.45) is 0 Å². The van der Waals surface area contributed by atoms with Crippen molar-refractivity contribution in [3.8, 4) is 0 Å². The van der Waals surface area contributed by atoms with Gasteiger partial charge in [0.05, 0.1) is 0 Å². The number of aliphatic hydroxyl groups excluding tert-OH is 1. The zero-order valence-corrected chi connectivity index (χ0v) is 13.5. The van der Waals surface area contributed by atoms with Gasteiger partial charge in [0.15, 0.2) is 0 Å². The molecular weight excluding hydrogens is 266 g/mol. The Kier molecular flexibility index (Phi) is 7.15. The highest BCUT2D eigenvalue weighted by atomic mass is 16.3. The minimum absolute atomic E-state index is 0.00490. The summed E-state index contributed by atoms with van der Waals surface area (Å²) in [4.78, 5) is 19.0. The second kappa shape index (κ2) is 8.62. The summed E-state index contributed by atoms with van der Waals surface area (Å²) in [6, 6.07) is 3.77. The molecule has 0 radical (unpaired) electrons. The molecule has 0 bridgehead atoms. The molecule has 118 valence electrons. The first-order chi connectivity index (χ1) is 10.0. The summed E-state index contributed by atoms with van der Waals surface area (Å²) in [5, 5.41) is 12.0. The maximum atomic E-state index is 12.7. The molecule has 0 fully saturated rings. The van der Waals surface area contributed by atoms with E-state index in [4.69, 9.17) is 5.11 Å². The normalized spacial score (nSPS) is 10.8. The molecule has 0 atom stereocenters. The summed E-state index contributed by atoms with van der Waals surface area (Å²) >= 11 is 0. The Morgan fingerprint density at radius 2 is 2.14 bits per heavy atom. The van der Waals surface area contributed by atoms with E-state index in [1.54, 1.807) is 18.0 Å². The average Bonchev–Trinajstić information content (AvgIpc) is 2.47. The van der Waals surface area contributed by atoms with Gasteiger partial charge in [0.1, 0.15) is 5.82 Å². The van der Waals surface area contributed by atoms with Crippen LogP contribution >= 0.6 is 0 Å². The molecule has 2 N–H and O–H groups in total. The highest BCUT2D eigenvalue weighted by molar-refractivity contribution is 5.95. The van der Waals surface area contributed by atoms with Gasteiger partial charge >= 0.3 is 0 Å². The average molecular weight is 293 g/mol. The number of aliphatic hydroxyl groups is 1. The van der Waals surface area contributed by atoms with E-state index in [1.165, 1.54) is 0 Å². The van der Waals surface area contributed by atoms with Crippen molar-refractivity contribution in [3.05, 3.63) is 23.4 Å². The lowest BCUT2D eigenvalue weighted by Crippen LogP contribution is -2.38. The number of hydrogen-bond acceptors (Lipinski definition) is 4. The van der Waals surface area contributed by atoms with Crippen LogP contribution in [0.3, 0.4) is 0 Å². The summed E-state index contributed by atoms with van der Waals surface area (Å²) in [6.07, 6.45) is 2.44. The lowest BCUT2D eigenvalue weighted by atomic mass is 10.1. The molecule has 1 rings (SSSR count). The predicted molar refractivity (Wildman–Crippen MR) is 85.7 cm³/mol. The van der Waals surface area contributed by atoms with Gasteiger partial charge in [-0.1, -0.05) is 13.3 Å². The van der Waals surface area contributed by atoms with Crippen LogP contribution in [0.5, 0.6) is 0 Å². The number of amides is 1. The van der Waals surface area contributed by atoms with Crippen LogP contribution in [0.25, 0.3) is 0 Å². The zero-order valence-electron chi connectivity index (χ0n) is 13.5. The minimum atomic E-state index is -0.00490. The van der Waals surface area contributed by atoms with Crippen molar-refractivity contribution in [3.63, 3.8) is 0 Å². The van der Waals surface area contributed by atoms with Gasteiger partial charge in [-0.2, -0.15) is 0 Å². The van der Waals surface area contributed by atoms with Crippen LogP contribution in [0, 0.1) is 0 Å². The standard InChI is InChI=1S/C16H27N3O2/c1-5-7-14-10-13(11-15(17-4)18-14)16(21)19(12(2)3)8-6-9-20/h10-12,20H,5-9H2,1-4H3,(H,17,18). The van der Waals surface area contributed by atoms with Gasteiger partial charge in [0, 0.05) is 37.5 Å². The second-order valence-electron chi connectivity index (χ2n) is 5.40. The van der Waals surface area contributed by atoms with Crippen LogP contribution < -0.4 is 5.32 Å². The van der Waals surface area contributed by atoms with E-state index in [1.807, 2.05) is 19.9 Å². The molecule has 0 saturated carbocycles. The smallest absolute Gasteiger partial charge is 0.254 e. The molecule has 1 amide bonds. The van der Waals surface area contributed by atoms with Crippen LogP contribution in [0.4, 0.5) is 5.82 Å². The number of aromatic nitrogens is 1. The van der Waals surface area contributed by atoms with E-state index >= 15 is 0 Å². The first-order valence-electron chi connectivity index (χ1n) is 7.64. The fourth-order valence-electron chi connectivity index (χ4n) is 2.22. The SMILES string of the molecule is CCCc1cc(C(=O)N(CCCO)C(C)C)cc(NC)n1. The maximum Gasteiger partial charge on any atom is 0.254 e. The molecule has 0 aliphatic carbocycles. The van der Waals surface area contributed by atoms with Crippen LogP contribution in [-0.4, -0.2) is 47.1 Å². The Bertz CT molecular complexity index is 461. The number of carbonyl (C=O) groups excluding carboxylic acids is 1. The van der Waals surface area contributed by atoms with Crippen molar-refractivity contribution < 1.29 is 9.90 Å². The minimum Gasteiger partial charge on any atom is -0.396 e. The third-order valence-corrected chi connectivity index (χ3v) is 3.33. The van der Waals surface area contributed by atoms with E-state index in [9.17, 15) is 4.79 Å². The Morgan fingerprint density at radius 3 is 2.67 bits per heavy atom. The Balaban J connectivity index is 3.05. The molecule has 0 aliphatic heterocycles. The molecule has 21 heavy (non-hydrogen) atoms. The number of pyridine rings is 1. The summed E-state index contributed by atoms with van der Waals surface area (Å²) in [6.45, 7) is 6.73. The molecule has 0 aromatic carbocycles. The first kappa shape index (κ1) is 17.4. The highest BCUT2D eigenvalue weighted by Gasteiger charge is 2.19. The lowest BCUT2D eigenvalue weighted by molar-refractivity contribution is 0.0693. The fraction of sp³-hybridized carbons (Fsp3) is 0.625. The highest BCUT2D eigenvalue weighted by Crippen LogP contribution is 2.15. The number of aryl methyl sites for hydroxylation is 1. The topological polar surface area (TPSA) is 65.5 Å². The van der Waals surface area contributed by atoms with Crippen LogP contribution in [0.15, 0.2) is 12.1 Å². The summed E-state index contributed by atoms with van der Waals surface area (Å²) in [5.41, 5.74) is 1.59. The van der Waals surface area contributed by atoms with Gasteiger partial charge in [-0.15, -0.1) is 0 Å². The number of rotatable bonds is 8. The molecule has 5 heteroatoms. The van der Waals surface area contributed by atoms with Crippen molar-refractivity contribution >= 4 is 11.7 Å². The van der Waals surface area contributed by atoms with E-state index < -0.39 is 0 Å². The van der Waals surface area contributed by atoms with Crippen molar-refractivity contribution in [1.29, 1.82) is 0 Å². The van der Waals surface area contributed by atoms with Crippen molar-refractivity contribution in [2.75, 3.05) is 25.5 Å². The fourth-order valence-corrected chi connectivity index (χ4v) is 2.22. The van der Waals surface area contributed by atoms with Gasteiger partial charge in [0.2, 0.25) is 0 Å². The van der Waals surface area contributed by atoms with Crippen molar-refractivity contribution in [2.45, 2.75) is 46.1 Å². The van der Waals surface area contributed by atoms with E-state index in [2.05, 4.69) is 17.2 Å². The predicted octanol–water partition coefficient (Wildman–Crippen LogP) is 2.31. The number of anilines is 1. The largest absolute Gasteiger partial charge is 0.396 e. The molecule has 1 aromatic rings. The summed E-state index contributed by atoms with van der Waals surface area (Å²) in [5.74, 6) is 0.713. The third kappa shape index (κ3) is 5.01. The van der Waals surface area contributed by atoms with Gasteiger partial charge in [-0.25, -0.2) is 4.98 Å². The molecule has 1 heterocycles. The van der Waals surface area contributed by atoms with Gasteiger partial charge in [-0.3, -0.25) is 4.79 Å². The summed E-state index contributed by atoms with van der Waals surface area (Å²) < 4.78 is 0. The van der Waals surface area contributed by atoms with Gasteiger partial charge in [0.25, 0.3) is 5.91 Å². The second-order valence-corrected chi connectivity index (χ2v) is 5.40. The molecule has 0 aliphatic rings. The third-order valence-electron chi connectivity index (χ3n) is 3.33.